The second kappa shape index (κ2) is 5.46. The van der Waals surface area contributed by atoms with Crippen LogP contribution in [0.5, 0.6) is 11.5 Å². The van der Waals surface area contributed by atoms with E-state index < -0.39 is 11.8 Å². The van der Waals surface area contributed by atoms with Gasteiger partial charge in [-0.05, 0) is 12.1 Å². The molecule has 0 unspecified atom stereocenters. The van der Waals surface area contributed by atoms with Gasteiger partial charge in [-0.2, -0.15) is 5.26 Å². The van der Waals surface area contributed by atoms with Gasteiger partial charge in [0.05, 0.1) is 36.6 Å². The lowest BCUT2D eigenvalue weighted by atomic mass is 10.1. The summed E-state index contributed by atoms with van der Waals surface area (Å²) in [7, 11) is 2.89. The van der Waals surface area contributed by atoms with E-state index in [2.05, 4.69) is 0 Å². The van der Waals surface area contributed by atoms with Crippen LogP contribution >= 0.6 is 0 Å². The summed E-state index contributed by atoms with van der Waals surface area (Å²) in [4.78, 5) is 26.1. The molecular weight excluding hydrogens is 296 g/mol. The SMILES string of the molecule is COc1cc(C#N)c(N2C(=O)c3ccccc3C2=O)cc1OC. The summed E-state index contributed by atoms with van der Waals surface area (Å²) in [5.41, 5.74) is 0.959. The summed E-state index contributed by atoms with van der Waals surface area (Å²) in [6.07, 6.45) is 0. The molecule has 3 rings (SSSR count). The number of anilines is 1. The van der Waals surface area contributed by atoms with Crippen LogP contribution < -0.4 is 14.4 Å². The van der Waals surface area contributed by atoms with Crippen molar-refractivity contribution in [3.05, 3.63) is 53.1 Å². The molecule has 0 aliphatic carbocycles. The molecule has 0 bridgehead atoms. The quantitative estimate of drug-likeness (QED) is 0.813. The minimum absolute atomic E-state index is 0.150. The lowest BCUT2D eigenvalue weighted by molar-refractivity contribution is 0.0926. The Labute approximate surface area is 132 Å². The molecule has 0 N–H and O–H groups in total. The maximum Gasteiger partial charge on any atom is 0.266 e. The Balaban J connectivity index is 2.19. The molecule has 114 valence electrons. The predicted molar refractivity (Wildman–Crippen MR) is 81.8 cm³/mol. The van der Waals surface area contributed by atoms with Gasteiger partial charge in [0.25, 0.3) is 11.8 Å². The van der Waals surface area contributed by atoms with Gasteiger partial charge in [0.2, 0.25) is 0 Å². The average Bonchev–Trinajstić information content (AvgIpc) is 2.85. The van der Waals surface area contributed by atoms with E-state index in [1.165, 1.54) is 26.4 Å². The van der Waals surface area contributed by atoms with Crippen LogP contribution in [0.1, 0.15) is 26.3 Å². The molecule has 0 atom stereocenters. The summed E-state index contributed by atoms with van der Waals surface area (Å²) >= 11 is 0. The molecule has 0 saturated carbocycles. The number of rotatable bonds is 3. The zero-order chi connectivity index (χ0) is 16.6. The third kappa shape index (κ3) is 2.10. The molecule has 0 fully saturated rings. The van der Waals surface area contributed by atoms with Crippen LogP contribution in [0.25, 0.3) is 0 Å². The Morgan fingerprint density at radius 1 is 0.957 bits per heavy atom. The third-order valence-corrected chi connectivity index (χ3v) is 3.66. The van der Waals surface area contributed by atoms with E-state index in [4.69, 9.17) is 9.47 Å². The van der Waals surface area contributed by atoms with Gasteiger partial charge in [-0.25, -0.2) is 4.90 Å². The molecule has 0 saturated heterocycles. The normalized spacial score (nSPS) is 12.8. The molecule has 23 heavy (non-hydrogen) atoms. The number of carbonyl (C=O) groups is 2. The lowest BCUT2D eigenvalue weighted by Gasteiger charge is -2.18. The van der Waals surface area contributed by atoms with Crippen molar-refractivity contribution >= 4 is 17.5 Å². The monoisotopic (exact) mass is 308 g/mol. The fourth-order valence-corrected chi connectivity index (χ4v) is 2.55. The summed E-state index contributed by atoms with van der Waals surface area (Å²) in [5, 5.41) is 9.36. The highest BCUT2D eigenvalue weighted by Gasteiger charge is 2.38. The Kier molecular flexibility index (Phi) is 3.47. The van der Waals surface area contributed by atoms with E-state index in [1.54, 1.807) is 24.3 Å². The van der Waals surface area contributed by atoms with E-state index >= 15 is 0 Å². The Morgan fingerprint density at radius 2 is 1.48 bits per heavy atom. The minimum atomic E-state index is -0.464. The molecule has 0 radical (unpaired) electrons. The summed E-state index contributed by atoms with van der Waals surface area (Å²) in [6, 6.07) is 11.4. The van der Waals surface area contributed by atoms with Crippen LogP contribution in [0.15, 0.2) is 36.4 Å². The van der Waals surface area contributed by atoms with Crippen molar-refractivity contribution in [2.75, 3.05) is 19.1 Å². The first-order valence-electron chi connectivity index (χ1n) is 6.76. The highest BCUT2D eigenvalue weighted by atomic mass is 16.5. The first kappa shape index (κ1) is 14.6. The molecule has 0 spiro atoms. The highest BCUT2D eigenvalue weighted by Crippen LogP contribution is 2.38. The van der Waals surface area contributed by atoms with Gasteiger partial charge in [0.15, 0.2) is 11.5 Å². The number of methoxy groups -OCH3 is 2. The fraction of sp³-hybridized carbons (Fsp3) is 0.118. The second-order valence-corrected chi connectivity index (χ2v) is 4.83. The van der Waals surface area contributed by atoms with Crippen molar-refractivity contribution in [2.24, 2.45) is 0 Å². The Hall–Kier alpha value is -3.33. The minimum Gasteiger partial charge on any atom is -0.493 e. The highest BCUT2D eigenvalue weighted by molar-refractivity contribution is 6.34. The van der Waals surface area contributed by atoms with Gasteiger partial charge in [0, 0.05) is 12.1 Å². The third-order valence-electron chi connectivity index (χ3n) is 3.66. The molecule has 1 heterocycles. The van der Waals surface area contributed by atoms with Gasteiger partial charge in [-0.15, -0.1) is 0 Å². The predicted octanol–water partition coefficient (Wildman–Crippen LogP) is 2.38. The molecule has 2 amide bonds. The summed E-state index contributed by atoms with van der Waals surface area (Å²) in [6.45, 7) is 0. The average molecular weight is 308 g/mol. The van der Waals surface area contributed by atoms with Crippen molar-refractivity contribution < 1.29 is 19.1 Å². The number of hydrogen-bond donors (Lipinski definition) is 0. The van der Waals surface area contributed by atoms with E-state index in [0.717, 1.165) is 4.90 Å². The van der Waals surface area contributed by atoms with Crippen LogP contribution in [-0.2, 0) is 0 Å². The van der Waals surface area contributed by atoms with Crippen LogP contribution in [0, 0.1) is 11.3 Å². The van der Waals surface area contributed by atoms with Crippen molar-refractivity contribution in [2.45, 2.75) is 0 Å². The van der Waals surface area contributed by atoms with Gasteiger partial charge >= 0.3 is 0 Å². The molecule has 1 aliphatic rings. The fourth-order valence-electron chi connectivity index (χ4n) is 2.55. The number of ether oxygens (including phenoxy) is 2. The molecule has 2 aromatic rings. The van der Waals surface area contributed by atoms with Gasteiger partial charge < -0.3 is 9.47 Å². The van der Waals surface area contributed by atoms with E-state index in [0.29, 0.717) is 22.6 Å². The maximum atomic E-state index is 12.6. The van der Waals surface area contributed by atoms with Gasteiger partial charge in [-0.3, -0.25) is 9.59 Å². The zero-order valence-corrected chi connectivity index (χ0v) is 12.5. The first-order chi connectivity index (χ1) is 11.1. The van der Waals surface area contributed by atoms with Crippen LogP contribution in [0.2, 0.25) is 0 Å². The van der Waals surface area contributed by atoms with Crippen LogP contribution in [0.3, 0.4) is 0 Å². The molecule has 0 aromatic heterocycles. The number of amides is 2. The molecule has 6 heteroatoms. The zero-order valence-electron chi connectivity index (χ0n) is 12.5. The van der Waals surface area contributed by atoms with Crippen LogP contribution in [0.4, 0.5) is 5.69 Å². The number of fused-ring (bicyclic) bond motifs is 1. The second-order valence-electron chi connectivity index (χ2n) is 4.83. The van der Waals surface area contributed by atoms with Crippen LogP contribution in [-0.4, -0.2) is 26.0 Å². The number of carbonyl (C=O) groups excluding carboxylic acids is 2. The first-order valence-corrected chi connectivity index (χ1v) is 6.76. The van der Waals surface area contributed by atoms with Crippen molar-refractivity contribution in [3.8, 4) is 17.6 Å². The largest absolute Gasteiger partial charge is 0.493 e. The van der Waals surface area contributed by atoms with Gasteiger partial charge in [0.1, 0.15) is 6.07 Å². The number of benzene rings is 2. The Bertz CT molecular complexity index is 832. The number of nitriles is 1. The number of hydrogen-bond acceptors (Lipinski definition) is 5. The smallest absolute Gasteiger partial charge is 0.266 e. The molecule has 1 aliphatic heterocycles. The van der Waals surface area contributed by atoms with Crippen molar-refractivity contribution in [1.29, 1.82) is 5.26 Å². The van der Waals surface area contributed by atoms with Crippen molar-refractivity contribution in [1.82, 2.24) is 0 Å². The topological polar surface area (TPSA) is 79.6 Å². The lowest BCUT2D eigenvalue weighted by Crippen LogP contribution is -2.30. The van der Waals surface area contributed by atoms with E-state index in [-0.39, 0.29) is 11.3 Å². The maximum absolute atomic E-state index is 12.6. The standard InChI is InChI=1S/C17H12N2O4/c1-22-14-7-10(9-18)13(8-15(14)23-2)19-16(20)11-5-3-4-6-12(11)17(19)21/h3-8H,1-2H3. The summed E-state index contributed by atoms with van der Waals surface area (Å²) < 4.78 is 10.3. The molecule has 2 aromatic carbocycles. The van der Waals surface area contributed by atoms with E-state index in [1.807, 2.05) is 6.07 Å². The molecule has 6 nitrogen and oxygen atoms in total. The number of imide groups is 1. The van der Waals surface area contributed by atoms with Crippen molar-refractivity contribution in [3.63, 3.8) is 0 Å². The van der Waals surface area contributed by atoms with Gasteiger partial charge in [-0.1, -0.05) is 12.1 Å². The van der Waals surface area contributed by atoms with E-state index in [9.17, 15) is 14.9 Å². The molecular formula is C17H12N2O4. The Morgan fingerprint density at radius 3 is 1.96 bits per heavy atom. The number of nitrogens with zero attached hydrogens (tertiary/aromatic N) is 2. The summed E-state index contributed by atoms with van der Waals surface area (Å²) in [5.74, 6) is -0.244.